The van der Waals surface area contributed by atoms with E-state index >= 15 is 4.39 Å². The molecule has 1 aromatic rings. The highest BCUT2D eigenvalue weighted by Crippen LogP contribution is 2.70. The van der Waals surface area contributed by atoms with Gasteiger partial charge in [0.25, 0.3) is 8.53 Å². The third kappa shape index (κ3) is 4.07. The first kappa shape index (κ1) is 24.5. The monoisotopic (exact) mass is 483 g/mol. The van der Waals surface area contributed by atoms with Crippen LogP contribution in [0.4, 0.5) is 10.2 Å². The minimum Gasteiger partial charge on any atom is -0.387 e. The van der Waals surface area contributed by atoms with E-state index in [1.807, 2.05) is 38.4 Å². The molecule has 12 heteroatoms. The zero-order valence-corrected chi connectivity index (χ0v) is 20.1. The maximum Gasteiger partial charge on any atom is 0.351 e. The van der Waals surface area contributed by atoms with E-state index in [1.165, 1.54) is 12.3 Å². The fourth-order valence-electron chi connectivity index (χ4n) is 5.15. The first-order chi connectivity index (χ1) is 15.5. The van der Waals surface area contributed by atoms with E-state index in [2.05, 4.69) is 4.98 Å². The molecule has 33 heavy (non-hydrogen) atoms. The van der Waals surface area contributed by atoms with Crippen LogP contribution < -0.4 is 11.4 Å². The number of aromatic nitrogens is 2. The van der Waals surface area contributed by atoms with E-state index in [1.54, 1.807) is 0 Å². The topological polar surface area (TPSA) is 136 Å². The largest absolute Gasteiger partial charge is 0.387 e. The number of ether oxygens (including phenoxy) is 1. The Kier molecular flexibility index (Phi) is 6.55. The third-order valence-electron chi connectivity index (χ3n) is 6.61. The summed E-state index contributed by atoms with van der Waals surface area (Å²) in [6.45, 7) is 8.09. The molecule has 2 heterocycles. The predicted molar refractivity (Wildman–Crippen MR) is 118 cm³/mol. The normalized spacial score (nSPS) is 35.6. The van der Waals surface area contributed by atoms with Crippen molar-refractivity contribution in [1.82, 2.24) is 14.2 Å². The van der Waals surface area contributed by atoms with E-state index < -0.39 is 43.9 Å². The van der Waals surface area contributed by atoms with Gasteiger partial charge in [0.05, 0.1) is 24.7 Å². The second-order valence-electron chi connectivity index (χ2n) is 9.54. The van der Waals surface area contributed by atoms with E-state index in [-0.39, 0.29) is 43.3 Å². The van der Waals surface area contributed by atoms with Crippen LogP contribution >= 0.6 is 8.53 Å². The second kappa shape index (κ2) is 8.84. The molecule has 7 atom stereocenters. The third-order valence-corrected chi connectivity index (χ3v) is 8.81. The molecule has 1 saturated heterocycles. The van der Waals surface area contributed by atoms with Gasteiger partial charge in [-0.3, -0.25) is 4.57 Å². The van der Waals surface area contributed by atoms with Crippen LogP contribution in [0.1, 0.15) is 53.2 Å². The van der Waals surface area contributed by atoms with Crippen LogP contribution in [-0.2, 0) is 13.8 Å². The lowest BCUT2D eigenvalue weighted by Crippen LogP contribution is -2.50. The number of nitrogen functional groups attached to an aromatic ring is 1. The first-order valence-electron chi connectivity index (χ1n) is 11.2. The Morgan fingerprint density at radius 1 is 1.45 bits per heavy atom. The van der Waals surface area contributed by atoms with Crippen LogP contribution in [0.2, 0.25) is 0 Å². The highest BCUT2D eigenvalue weighted by atomic mass is 31.2. The first-order valence-corrected chi connectivity index (χ1v) is 12.3. The van der Waals surface area contributed by atoms with Gasteiger partial charge in [0, 0.05) is 18.3 Å². The van der Waals surface area contributed by atoms with Crippen LogP contribution in [0.5, 0.6) is 0 Å². The number of nitrogens with zero attached hydrogens (tertiary/aromatic N) is 4. The van der Waals surface area contributed by atoms with Crippen LogP contribution in [0.25, 0.3) is 0 Å². The zero-order valence-electron chi connectivity index (χ0n) is 19.2. The van der Waals surface area contributed by atoms with Crippen LogP contribution in [-0.4, -0.2) is 61.5 Å². The Hall–Kier alpha value is -1.67. The summed E-state index contributed by atoms with van der Waals surface area (Å²) in [5, 5.41) is 20.1. The number of aliphatic hydroxyl groups is 1. The summed E-state index contributed by atoms with van der Waals surface area (Å²) in [7, 11) is -1.79. The van der Waals surface area contributed by atoms with Gasteiger partial charge in [-0.1, -0.05) is 0 Å². The van der Waals surface area contributed by atoms with Crippen molar-refractivity contribution in [2.45, 2.75) is 88.7 Å². The summed E-state index contributed by atoms with van der Waals surface area (Å²) in [4.78, 5) is 16.1. The smallest absolute Gasteiger partial charge is 0.351 e. The standard InChI is InChI=1S/C21H31FN5O5P/c1-12(2)27(13(3)4)33(30-9-5-7-23)32-21-11-14-10-20(14,29)18(21)31-17(16(21)22)26-8-6-15(24)25-19(26)28/h6,8,12-14,16-18,29H,5,9-11H2,1-4H3,(H2,24,25,28)/t14-,16-,17+,18+,20+,21-,33?/m0/s1. The maximum atomic E-state index is 16.2. The fraction of sp³-hybridized carbons (Fsp3) is 0.762. The quantitative estimate of drug-likeness (QED) is 0.400. The molecule has 0 spiro atoms. The van der Waals surface area contributed by atoms with Gasteiger partial charge in [-0.2, -0.15) is 10.2 Å². The number of nitrogens with two attached hydrogens (primary N) is 1. The molecule has 1 aliphatic heterocycles. The number of anilines is 1. The van der Waals surface area contributed by atoms with E-state index in [4.69, 9.17) is 24.8 Å². The second-order valence-corrected chi connectivity index (χ2v) is 10.9. The van der Waals surface area contributed by atoms with Crippen molar-refractivity contribution in [2.24, 2.45) is 5.92 Å². The van der Waals surface area contributed by atoms with Crippen molar-refractivity contribution in [3.63, 3.8) is 0 Å². The van der Waals surface area contributed by atoms with Gasteiger partial charge in [0.15, 0.2) is 12.4 Å². The number of nitriles is 1. The summed E-state index contributed by atoms with van der Waals surface area (Å²) < 4.78 is 37.8. The highest BCUT2D eigenvalue weighted by Gasteiger charge is 2.80. The molecule has 0 amide bonds. The highest BCUT2D eigenvalue weighted by molar-refractivity contribution is 7.44. The van der Waals surface area contributed by atoms with E-state index in [0.717, 1.165) is 4.57 Å². The zero-order chi connectivity index (χ0) is 24.1. The van der Waals surface area contributed by atoms with Crippen molar-refractivity contribution < 1.29 is 23.3 Å². The molecular weight excluding hydrogens is 452 g/mol. The number of fused-ring (bicyclic) bond motifs is 3. The van der Waals surface area contributed by atoms with Gasteiger partial charge in [-0.15, -0.1) is 0 Å². The number of rotatable bonds is 9. The summed E-state index contributed by atoms with van der Waals surface area (Å²) in [5.41, 5.74) is 2.13. The molecule has 0 radical (unpaired) electrons. The van der Waals surface area contributed by atoms with Crippen LogP contribution in [0, 0.1) is 17.2 Å². The Bertz CT molecular complexity index is 981. The Labute approximate surface area is 193 Å². The van der Waals surface area contributed by atoms with Crippen molar-refractivity contribution in [2.75, 3.05) is 12.3 Å². The Balaban J connectivity index is 1.69. The van der Waals surface area contributed by atoms with Gasteiger partial charge >= 0.3 is 5.69 Å². The fourth-order valence-corrected chi connectivity index (χ4v) is 6.99. The van der Waals surface area contributed by atoms with Crippen molar-refractivity contribution >= 4 is 14.3 Å². The molecule has 3 fully saturated rings. The predicted octanol–water partition coefficient (Wildman–Crippen LogP) is 2.25. The summed E-state index contributed by atoms with van der Waals surface area (Å²) >= 11 is 0. The Morgan fingerprint density at radius 3 is 2.76 bits per heavy atom. The molecule has 0 aromatic carbocycles. The van der Waals surface area contributed by atoms with E-state index in [9.17, 15) is 9.90 Å². The molecule has 10 nitrogen and oxygen atoms in total. The van der Waals surface area contributed by atoms with Gasteiger partial charge in [-0.05, 0) is 52.5 Å². The van der Waals surface area contributed by atoms with Crippen molar-refractivity contribution in [3.05, 3.63) is 22.7 Å². The minimum atomic E-state index is -1.79. The number of alkyl halides is 1. The van der Waals surface area contributed by atoms with Gasteiger partial charge in [0.2, 0.25) is 0 Å². The molecule has 182 valence electrons. The maximum absolute atomic E-state index is 16.2. The molecule has 1 unspecified atom stereocenters. The molecule has 1 aromatic heterocycles. The van der Waals surface area contributed by atoms with Gasteiger partial charge < -0.3 is 24.6 Å². The van der Waals surface area contributed by atoms with Gasteiger partial charge in [0.1, 0.15) is 17.5 Å². The molecule has 2 saturated carbocycles. The van der Waals surface area contributed by atoms with Crippen LogP contribution in [0.3, 0.4) is 0 Å². The molecule has 0 bridgehead atoms. The van der Waals surface area contributed by atoms with Crippen LogP contribution in [0.15, 0.2) is 17.1 Å². The number of halogens is 1. The lowest BCUT2D eigenvalue weighted by molar-refractivity contribution is -0.103. The Morgan fingerprint density at radius 2 is 2.15 bits per heavy atom. The molecular formula is C21H31FN5O5P. The lowest BCUT2D eigenvalue weighted by atomic mass is 9.91. The average Bonchev–Trinajstić information content (AvgIpc) is 3.18. The molecule has 2 aliphatic carbocycles. The van der Waals surface area contributed by atoms with Gasteiger partial charge in [-0.25, -0.2) is 13.9 Å². The summed E-state index contributed by atoms with van der Waals surface area (Å²) in [6.07, 6.45) is -1.80. The number of hydrogen-bond donors (Lipinski definition) is 2. The van der Waals surface area contributed by atoms with Crippen molar-refractivity contribution in [1.29, 1.82) is 5.26 Å². The number of hydrogen-bond acceptors (Lipinski definition) is 9. The summed E-state index contributed by atoms with van der Waals surface area (Å²) in [5.74, 6) is -0.124. The summed E-state index contributed by atoms with van der Waals surface area (Å²) in [6, 6.07) is 3.48. The van der Waals surface area contributed by atoms with Crippen molar-refractivity contribution in [3.8, 4) is 6.07 Å². The lowest BCUT2D eigenvalue weighted by Gasteiger charge is -2.42. The average molecular weight is 483 g/mol. The molecule has 4 rings (SSSR count). The molecule has 3 N–H and O–H groups in total. The molecule has 3 aliphatic rings. The SMILES string of the molecule is CC(C)N(C(C)C)P(OCCC#N)O[C@]12C[C@@H]3C[C@]3(O)[C@H]1O[C@@H](n1ccc(N)nc1=O)[C@@H]2F. The van der Waals surface area contributed by atoms with E-state index in [0.29, 0.717) is 6.42 Å². The minimum absolute atomic E-state index is 0.0205.